The molecule has 4 nitrogen and oxygen atoms in total. The summed E-state index contributed by atoms with van der Waals surface area (Å²) in [5, 5.41) is 2.67. The first-order valence-corrected chi connectivity index (χ1v) is 7.40. The molecule has 1 amide bonds. The number of hydrogen-bond acceptors (Lipinski definition) is 3. The number of ketones is 1. The van der Waals surface area contributed by atoms with Crippen LogP contribution in [0.3, 0.4) is 0 Å². The molecule has 5 heteroatoms. The van der Waals surface area contributed by atoms with Gasteiger partial charge in [0.2, 0.25) is 5.91 Å². The minimum Gasteiger partial charge on any atom is -0.385 e. The maximum Gasteiger partial charge on any atom is 0.226 e. The van der Waals surface area contributed by atoms with E-state index in [0.29, 0.717) is 11.8 Å². The Labute approximate surface area is 177 Å². The lowest BCUT2D eigenvalue weighted by atomic mass is 9.70. The van der Waals surface area contributed by atoms with E-state index in [9.17, 15) is 9.59 Å². The van der Waals surface area contributed by atoms with Crippen LogP contribution in [-0.2, 0) is 14.3 Å². The van der Waals surface area contributed by atoms with Crippen molar-refractivity contribution >= 4 is 29.1 Å². The molecule has 0 aromatic carbocycles. The summed E-state index contributed by atoms with van der Waals surface area (Å²) in [7, 11) is 3.32. The second-order valence-corrected chi connectivity index (χ2v) is 6.44. The molecule has 0 bridgehead atoms. The second kappa shape index (κ2) is 20.9. The monoisotopic (exact) mass is 395 g/mol. The Morgan fingerprint density at radius 1 is 1.00 bits per heavy atom. The van der Waals surface area contributed by atoms with Gasteiger partial charge in [-0.3, -0.25) is 9.59 Å². The summed E-state index contributed by atoms with van der Waals surface area (Å²) in [6.07, 6.45) is 1.71. The van der Waals surface area contributed by atoms with E-state index >= 15 is 0 Å². The number of amides is 1. The Hall–Kier alpha value is -0.368. The van der Waals surface area contributed by atoms with Gasteiger partial charge in [0.05, 0.1) is 5.41 Å². The van der Waals surface area contributed by atoms with Gasteiger partial charge in [-0.2, -0.15) is 0 Å². The molecule has 0 spiro atoms. The summed E-state index contributed by atoms with van der Waals surface area (Å²) < 4.78 is 5.11. The highest BCUT2D eigenvalue weighted by molar-refractivity contribution is 5.89. The molecular formula is C21H54AlNO3. The van der Waals surface area contributed by atoms with Gasteiger partial charge < -0.3 is 10.1 Å². The van der Waals surface area contributed by atoms with Crippen molar-refractivity contribution in [2.45, 2.75) is 84.6 Å². The number of methoxy groups -OCH3 is 1. The van der Waals surface area contributed by atoms with Gasteiger partial charge >= 0.3 is 0 Å². The summed E-state index contributed by atoms with van der Waals surface area (Å²) in [5.74, 6) is 0.613. The van der Waals surface area contributed by atoms with Crippen LogP contribution in [0.15, 0.2) is 0 Å². The van der Waals surface area contributed by atoms with Gasteiger partial charge in [0.25, 0.3) is 0 Å². The highest BCUT2D eigenvalue weighted by Crippen LogP contribution is 2.35. The van der Waals surface area contributed by atoms with Crippen LogP contribution in [0.2, 0.25) is 0 Å². The van der Waals surface area contributed by atoms with E-state index in [2.05, 4.69) is 19.2 Å². The highest BCUT2D eigenvalue weighted by Gasteiger charge is 2.40. The minimum atomic E-state index is -0.671. The number of carbonyl (C=O) groups excluding carboxylic acids is 2. The van der Waals surface area contributed by atoms with Crippen LogP contribution in [0.4, 0.5) is 0 Å². The molecule has 3 atom stereocenters. The Balaban J connectivity index is -0.000000120. The van der Waals surface area contributed by atoms with Crippen molar-refractivity contribution in [2.75, 3.05) is 20.8 Å². The number of Topliss-reactive ketones (excluding diaryl/α,β-unsaturated/α-hetero) is 1. The largest absolute Gasteiger partial charge is 0.385 e. The third kappa shape index (κ3) is 13.8. The molecule has 0 heterocycles. The van der Waals surface area contributed by atoms with E-state index in [-0.39, 0.29) is 72.1 Å². The van der Waals surface area contributed by atoms with Crippen LogP contribution in [0.5, 0.6) is 0 Å². The van der Waals surface area contributed by atoms with E-state index < -0.39 is 5.41 Å². The van der Waals surface area contributed by atoms with Crippen molar-refractivity contribution in [1.82, 2.24) is 5.32 Å². The molecular weight excluding hydrogens is 341 g/mol. The van der Waals surface area contributed by atoms with E-state index in [0.717, 1.165) is 19.4 Å². The predicted octanol–water partition coefficient (Wildman–Crippen LogP) is 4.66. The van der Waals surface area contributed by atoms with Crippen molar-refractivity contribution in [3.63, 3.8) is 0 Å². The molecule has 0 aliphatic rings. The molecule has 3 unspecified atom stereocenters. The first kappa shape index (κ1) is 44.8. The molecule has 0 fully saturated rings. The lowest BCUT2D eigenvalue weighted by Gasteiger charge is -2.34. The van der Waals surface area contributed by atoms with E-state index in [1.165, 1.54) is 0 Å². The van der Waals surface area contributed by atoms with Crippen LogP contribution < -0.4 is 5.32 Å². The van der Waals surface area contributed by atoms with Crippen molar-refractivity contribution in [2.24, 2.45) is 23.2 Å². The maximum atomic E-state index is 12.0. The molecule has 0 saturated heterocycles. The average molecular weight is 396 g/mol. The minimum absolute atomic E-state index is 0. The molecule has 0 aromatic rings. The smallest absolute Gasteiger partial charge is 0.226 e. The molecule has 0 rings (SSSR count). The zero-order chi connectivity index (χ0) is 15.9. The molecule has 1 N–H and O–H groups in total. The summed E-state index contributed by atoms with van der Waals surface area (Å²) in [6.45, 7) is 10.3. The Morgan fingerprint density at radius 3 is 1.73 bits per heavy atom. The van der Waals surface area contributed by atoms with E-state index in [1.54, 1.807) is 21.1 Å². The van der Waals surface area contributed by atoms with E-state index in [4.69, 9.17) is 4.74 Å². The molecule has 0 aliphatic carbocycles. The lowest BCUT2D eigenvalue weighted by molar-refractivity contribution is -0.139. The number of ether oxygens (including phenoxy) is 1. The zero-order valence-corrected chi connectivity index (χ0v) is 14.1. The highest BCUT2D eigenvalue weighted by atomic mass is 27.0. The number of nitrogens with one attached hydrogen (secondary N) is 1. The van der Waals surface area contributed by atoms with E-state index in [1.807, 2.05) is 13.8 Å². The van der Waals surface area contributed by atoms with Crippen molar-refractivity contribution in [1.29, 1.82) is 0 Å². The van der Waals surface area contributed by atoms with Gasteiger partial charge in [-0.05, 0) is 31.6 Å². The average Bonchev–Trinajstić information content (AvgIpc) is 2.39. The summed E-state index contributed by atoms with van der Waals surface area (Å²) in [4.78, 5) is 24.0. The van der Waals surface area contributed by atoms with Gasteiger partial charge in [0.1, 0.15) is 5.78 Å². The lowest BCUT2D eigenvalue weighted by Crippen LogP contribution is -2.43. The third-order valence-corrected chi connectivity index (χ3v) is 4.53. The van der Waals surface area contributed by atoms with Crippen LogP contribution in [-0.4, -0.2) is 49.8 Å². The second-order valence-electron chi connectivity index (χ2n) is 6.44. The van der Waals surface area contributed by atoms with Gasteiger partial charge in [-0.25, -0.2) is 0 Å². The van der Waals surface area contributed by atoms with Crippen molar-refractivity contribution in [3.05, 3.63) is 0 Å². The molecule has 0 saturated carbocycles. The fourth-order valence-corrected chi connectivity index (χ4v) is 2.64. The van der Waals surface area contributed by atoms with Gasteiger partial charge in [-0.15, -0.1) is 0 Å². The standard InChI is InChI=1S/C16H31NO3.5CH4.Al.3H/c1-11(8-9-20-7)12(2)10-14(13(3)18)16(4,5)15(19)17-6;;;;;;;;;/h11-12,14H,8-10H2,1-7H3,(H,17,19);5*1H4;;;;. The molecule has 0 aliphatic heterocycles. The summed E-state index contributed by atoms with van der Waals surface area (Å²) in [6, 6.07) is 0. The van der Waals surface area contributed by atoms with Gasteiger partial charge in [0.15, 0.2) is 17.4 Å². The number of rotatable bonds is 9. The Kier molecular flexibility index (Phi) is 36.1. The van der Waals surface area contributed by atoms with Crippen LogP contribution >= 0.6 is 0 Å². The van der Waals surface area contributed by atoms with Crippen LogP contribution in [0.25, 0.3) is 0 Å². The molecule has 0 radical (unpaired) electrons. The Bertz CT molecular complexity index is 333. The first-order valence-electron chi connectivity index (χ1n) is 7.40. The normalized spacial score (nSPS) is 12.6. The fourth-order valence-electron chi connectivity index (χ4n) is 2.64. The maximum absolute atomic E-state index is 12.0. The van der Waals surface area contributed by atoms with Gasteiger partial charge in [-0.1, -0.05) is 64.8 Å². The number of carbonyl (C=O) groups is 2. The number of hydrogen-bond donors (Lipinski definition) is 1. The molecule has 26 heavy (non-hydrogen) atoms. The zero-order valence-electron chi connectivity index (χ0n) is 14.1. The SMILES string of the molecule is C.C.C.C.C.CNC(=O)C(C)(C)C(CC(C)C(C)CCOC)C(C)=O.[AlH3]. The fraction of sp³-hybridized carbons (Fsp3) is 0.905. The Morgan fingerprint density at radius 2 is 1.42 bits per heavy atom. The topological polar surface area (TPSA) is 55.4 Å². The molecule has 0 aromatic heterocycles. The third-order valence-electron chi connectivity index (χ3n) is 4.53. The van der Waals surface area contributed by atoms with Crippen molar-refractivity contribution < 1.29 is 14.3 Å². The predicted molar refractivity (Wildman–Crippen MR) is 125 cm³/mol. The van der Waals surface area contributed by atoms with Crippen LogP contribution in [0, 0.1) is 23.2 Å². The summed E-state index contributed by atoms with van der Waals surface area (Å²) in [5.41, 5.74) is -0.671. The molecule has 164 valence electrons. The van der Waals surface area contributed by atoms with Crippen LogP contribution in [0.1, 0.15) is 84.6 Å². The first-order chi connectivity index (χ1) is 9.18. The van der Waals surface area contributed by atoms with Gasteiger partial charge in [0, 0.05) is 26.7 Å². The van der Waals surface area contributed by atoms with Crippen molar-refractivity contribution in [3.8, 4) is 0 Å². The summed E-state index contributed by atoms with van der Waals surface area (Å²) >= 11 is 0. The quantitative estimate of drug-likeness (QED) is 0.578.